The zero-order valence-corrected chi connectivity index (χ0v) is 10.5. The van der Waals surface area contributed by atoms with Crippen molar-refractivity contribution in [1.29, 1.82) is 0 Å². The lowest BCUT2D eigenvalue weighted by Gasteiger charge is -2.12. The normalized spacial score (nSPS) is 11.6. The van der Waals surface area contributed by atoms with E-state index in [1.807, 2.05) is 0 Å². The Balaban J connectivity index is 2.60. The summed E-state index contributed by atoms with van der Waals surface area (Å²) in [4.78, 5) is 17.9. The van der Waals surface area contributed by atoms with Gasteiger partial charge >= 0.3 is 6.18 Å². The van der Waals surface area contributed by atoms with Crippen molar-refractivity contribution in [3.05, 3.63) is 52.1 Å². The smallest absolute Gasteiger partial charge is 0.377 e. The molecular weight excluding hydrogens is 273 g/mol. The first-order valence-electron chi connectivity index (χ1n) is 5.67. The van der Waals surface area contributed by atoms with Crippen LogP contribution in [-0.2, 0) is 17.5 Å². The number of alkyl halides is 3. The monoisotopic (exact) mass is 284 g/mol. The van der Waals surface area contributed by atoms with Gasteiger partial charge in [0, 0.05) is 18.7 Å². The maximum Gasteiger partial charge on any atom is 0.417 e. The van der Waals surface area contributed by atoms with Crippen molar-refractivity contribution in [2.24, 2.45) is 0 Å². The Morgan fingerprint density at radius 2 is 2.00 bits per heavy atom. The van der Waals surface area contributed by atoms with Crippen molar-refractivity contribution in [3.8, 4) is 11.3 Å². The highest BCUT2D eigenvalue weighted by molar-refractivity contribution is 5.64. The van der Waals surface area contributed by atoms with E-state index in [1.165, 1.54) is 25.3 Å². The number of nitrogens with one attached hydrogen (secondary N) is 1. The Bertz CT molecular complexity index is 665. The summed E-state index contributed by atoms with van der Waals surface area (Å²) in [5.41, 5.74) is -1.53. The summed E-state index contributed by atoms with van der Waals surface area (Å²) in [6.45, 7) is 0.0112. The lowest BCUT2D eigenvalue weighted by atomic mass is 10.0. The number of H-pyrrole nitrogens is 1. The van der Waals surface area contributed by atoms with Gasteiger partial charge < -0.3 is 9.72 Å². The SMILES string of the molecule is COCc1nc(-c2ccccc2C(F)(F)F)cc(=O)[nH]1. The number of ether oxygens (including phenoxy) is 1. The second-order valence-electron chi connectivity index (χ2n) is 4.05. The molecule has 0 saturated carbocycles. The van der Waals surface area contributed by atoms with Gasteiger partial charge in [-0.25, -0.2) is 4.98 Å². The predicted molar refractivity (Wildman–Crippen MR) is 66.0 cm³/mol. The molecule has 1 aromatic heterocycles. The van der Waals surface area contributed by atoms with Crippen LogP contribution in [0.15, 0.2) is 35.1 Å². The van der Waals surface area contributed by atoms with E-state index in [4.69, 9.17) is 4.74 Å². The van der Waals surface area contributed by atoms with Crippen molar-refractivity contribution in [3.63, 3.8) is 0 Å². The molecule has 0 atom stereocenters. The molecule has 0 saturated heterocycles. The summed E-state index contributed by atoms with van der Waals surface area (Å²) in [6, 6.07) is 6.01. The van der Waals surface area contributed by atoms with E-state index in [0.29, 0.717) is 0 Å². The number of rotatable bonds is 3. The molecule has 0 aliphatic carbocycles. The molecule has 106 valence electrons. The second-order valence-corrected chi connectivity index (χ2v) is 4.05. The second kappa shape index (κ2) is 5.46. The summed E-state index contributed by atoms with van der Waals surface area (Å²) >= 11 is 0. The maximum absolute atomic E-state index is 12.9. The third kappa shape index (κ3) is 3.05. The third-order valence-corrected chi connectivity index (χ3v) is 2.58. The van der Waals surface area contributed by atoms with Crippen LogP contribution in [0.1, 0.15) is 11.4 Å². The van der Waals surface area contributed by atoms with E-state index in [0.717, 1.165) is 12.1 Å². The van der Waals surface area contributed by atoms with Gasteiger partial charge in [-0.2, -0.15) is 13.2 Å². The summed E-state index contributed by atoms with van der Waals surface area (Å²) < 4.78 is 43.7. The lowest BCUT2D eigenvalue weighted by Crippen LogP contribution is -2.13. The number of aromatic nitrogens is 2. The highest BCUT2D eigenvalue weighted by Gasteiger charge is 2.33. The minimum atomic E-state index is -4.51. The molecule has 2 rings (SSSR count). The molecule has 0 aliphatic heterocycles. The molecular formula is C13H11F3N2O2. The fourth-order valence-electron chi connectivity index (χ4n) is 1.80. The van der Waals surface area contributed by atoms with Crippen LogP contribution in [0.4, 0.5) is 13.2 Å². The minimum Gasteiger partial charge on any atom is -0.377 e. The van der Waals surface area contributed by atoms with Gasteiger partial charge in [0.15, 0.2) is 0 Å². The number of nitrogens with zero attached hydrogens (tertiary/aromatic N) is 1. The van der Waals surface area contributed by atoms with E-state index in [9.17, 15) is 18.0 Å². The number of hydrogen-bond acceptors (Lipinski definition) is 3. The van der Waals surface area contributed by atoms with Crippen LogP contribution in [0.3, 0.4) is 0 Å². The average molecular weight is 284 g/mol. The Morgan fingerprint density at radius 3 is 2.65 bits per heavy atom. The first kappa shape index (κ1) is 14.3. The number of halogens is 3. The van der Waals surface area contributed by atoms with Crippen molar-refractivity contribution < 1.29 is 17.9 Å². The van der Waals surface area contributed by atoms with Gasteiger partial charge in [-0.15, -0.1) is 0 Å². The van der Waals surface area contributed by atoms with Crippen LogP contribution in [0.5, 0.6) is 0 Å². The lowest BCUT2D eigenvalue weighted by molar-refractivity contribution is -0.137. The topological polar surface area (TPSA) is 55.0 Å². The molecule has 2 aromatic rings. The van der Waals surface area contributed by atoms with Gasteiger partial charge in [-0.3, -0.25) is 4.79 Å². The van der Waals surface area contributed by atoms with Gasteiger partial charge in [0.05, 0.1) is 11.3 Å². The number of aromatic amines is 1. The maximum atomic E-state index is 12.9. The van der Waals surface area contributed by atoms with Crippen LogP contribution in [0, 0.1) is 0 Å². The van der Waals surface area contributed by atoms with E-state index in [1.54, 1.807) is 0 Å². The Kier molecular flexibility index (Phi) is 3.89. The third-order valence-electron chi connectivity index (χ3n) is 2.58. The van der Waals surface area contributed by atoms with Crippen LogP contribution in [-0.4, -0.2) is 17.1 Å². The first-order valence-corrected chi connectivity index (χ1v) is 5.67. The molecule has 1 aromatic carbocycles. The molecule has 0 radical (unpaired) electrons. The molecule has 1 N–H and O–H groups in total. The standard InChI is InChI=1S/C13H11F3N2O2/c1-20-7-11-17-10(6-12(19)18-11)8-4-2-3-5-9(8)13(14,15)16/h2-6H,7H2,1H3,(H,17,18,19). The number of methoxy groups -OCH3 is 1. The molecule has 0 unspecified atom stereocenters. The zero-order valence-electron chi connectivity index (χ0n) is 10.5. The predicted octanol–water partition coefficient (Wildman–Crippen LogP) is 2.60. The summed E-state index contributed by atoms with van der Waals surface area (Å²) in [7, 11) is 1.40. The highest BCUT2D eigenvalue weighted by Crippen LogP contribution is 2.35. The molecule has 0 aliphatic rings. The van der Waals surface area contributed by atoms with Gasteiger partial charge in [-0.05, 0) is 6.07 Å². The molecule has 0 bridgehead atoms. The van der Waals surface area contributed by atoms with E-state index < -0.39 is 17.3 Å². The molecule has 4 nitrogen and oxygen atoms in total. The largest absolute Gasteiger partial charge is 0.417 e. The molecule has 20 heavy (non-hydrogen) atoms. The quantitative estimate of drug-likeness (QED) is 0.942. The molecule has 7 heteroatoms. The van der Waals surface area contributed by atoms with Crippen LogP contribution < -0.4 is 5.56 Å². The molecule has 0 spiro atoms. The van der Waals surface area contributed by atoms with Crippen LogP contribution in [0.2, 0.25) is 0 Å². The number of hydrogen-bond donors (Lipinski definition) is 1. The Labute approximate surface area is 112 Å². The van der Waals surface area contributed by atoms with Crippen molar-refractivity contribution in [2.45, 2.75) is 12.8 Å². The van der Waals surface area contributed by atoms with Crippen molar-refractivity contribution in [1.82, 2.24) is 9.97 Å². The molecule has 1 heterocycles. The van der Waals surface area contributed by atoms with Gasteiger partial charge in [0.1, 0.15) is 12.4 Å². The van der Waals surface area contributed by atoms with Gasteiger partial charge in [0.2, 0.25) is 0 Å². The van der Waals surface area contributed by atoms with Gasteiger partial charge in [-0.1, -0.05) is 18.2 Å². The van der Waals surface area contributed by atoms with Crippen molar-refractivity contribution >= 4 is 0 Å². The summed E-state index contributed by atoms with van der Waals surface area (Å²) in [5, 5.41) is 0. The first-order chi connectivity index (χ1) is 9.41. The summed E-state index contributed by atoms with van der Waals surface area (Å²) in [5.74, 6) is 0.173. The van der Waals surface area contributed by atoms with Crippen molar-refractivity contribution in [2.75, 3.05) is 7.11 Å². The van der Waals surface area contributed by atoms with E-state index >= 15 is 0 Å². The fourth-order valence-corrected chi connectivity index (χ4v) is 1.80. The minimum absolute atomic E-state index is 0.0112. The zero-order chi connectivity index (χ0) is 14.8. The average Bonchev–Trinajstić information content (AvgIpc) is 2.37. The van der Waals surface area contributed by atoms with E-state index in [-0.39, 0.29) is 23.7 Å². The van der Waals surface area contributed by atoms with E-state index in [2.05, 4.69) is 9.97 Å². The Morgan fingerprint density at radius 1 is 1.30 bits per heavy atom. The number of benzene rings is 1. The van der Waals surface area contributed by atoms with Crippen LogP contribution >= 0.6 is 0 Å². The Hall–Kier alpha value is -2.15. The highest BCUT2D eigenvalue weighted by atomic mass is 19.4. The van der Waals surface area contributed by atoms with Gasteiger partial charge in [0.25, 0.3) is 5.56 Å². The molecule has 0 fully saturated rings. The summed E-state index contributed by atoms with van der Waals surface area (Å²) in [6.07, 6.45) is -4.51. The fraction of sp³-hybridized carbons (Fsp3) is 0.231. The molecule has 0 amide bonds. The van der Waals surface area contributed by atoms with Crippen LogP contribution in [0.25, 0.3) is 11.3 Å².